The second-order valence-corrected chi connectivity index (χ2v) is 7.66. The van der Waals surface area contributed by atoms with Gasteiger partial charge < -0.3 is 10.2 Å². The molecule has 0 spiro atoms. The fourth-order valence-corrected chi connectivity index (χ4v) is 3.62. The summed E-state index contributed by atoms with van der Waals surface area (Å²) in [4.78, 5) is 36.1. The Labute approximate surface area is 166 Å². The lowest BCUT2D eigenvalue weighted by atomic mass is 9.95. The minimum Gasteiger partial charge on any atom is -0.356 e. The SMILES string of the molecule is CCCCCNC(=O)C1CCN(C(=O)c2ccc3nc(C)c(C)nc3c2)CC1. The second-order valence-electron chi connectivity index (χ2n) is 7.66. The molecule has 6 nitrogen and oxygen atoms in total. The summed E-state index contributed by atoms with van der Waals surface area (Å²) in [7, 11) is 0. The molecule has 1 N–H and O–H groups in total. The zero-order chi connectivity index (χ0) is 20.1. The van der Waals surface area contributed by atoms with Gasteiger partial charge in [0, 0.05) is 31.1 Å². The van der Waals surface area contributed by atoms with Crippen molar-refractivity contribution in [3.05, 3.63) is 35.2 Å². The van der Waals surface area contributed by atoms with Crippen molar-refractivity contribution in [1.29, 1.82) is 0 Å². The summed E-state index contributed by atoms with van der Waals surface area (Å²) in [6.45, 7) is 7.99. The fourth-order valence-electron chi connectivity index (χ4n) is 3.62. The molecule has 1 saturated heterocycles. The van der Waals surface area contributed by atoms with Crippen molar-refractivity contribution in [2.24, 2.45) is 5.92 Å². The molecule has 2 heterocycles. The lowest BCUT2D eigenvalue weighted by molar-refractivity contribution is -0.126. The summed E-state index contributed by atoms with van der Waals surface area (Å²) < 4.78 is 0. The topological polar surface area (TPSA) is 75.2 Å². The van der Waals surface area contributed by atoms with Crippen LogP contribution >= 0.6 is 0 Å². The van der Waals surface area contributed by atoms with Crippen LogP contribution in [0.2, 0.25) is 0 Å². The average molecular weight is 383 g/mol. The molecule has 6 heteroatoms. The van der Waals surface area contributed by atoms with Gasteiger partial charge in [-0.05, 0) is 51.3 Å². The lowest BCUT2D eigenvalue weighted by Crippen LogP contribution is -2.43. The number of nitrogens with one attached hydrogen (secondary N) is 1. The van der Waals surface area contributed by atoms with Crippen molar-refractivity contribution in [1.82, 2.24) is 20.2 Å². The predicted octanol–water partition coefficient (Wildman–Crippen LogP) is 3.41. The minimum absolute atomic E-state index is 0.00346. The number of hydrogen-bond acceptors (Lipinski definition) is 4. The van der Waals surface area contributed by atoms with Crippen molar-refractivity contribution >= 4 is 22.8 Å². The van der Waals surface area contributed by atoms with Gasteiger partial charge in [0.15, 0.2) is 0 Å². The van der Waals surface area contributed by atoms with E-state index in [1.54, 1.807) is 0 Å². The first kappa shape index (κ1) is 20.2. The first-order valence-electron chi connectivity index (χ1n) is 10.3. The van der Waals surface area contributed by atoms with E-state index in [0.29, 0.717) is 18.7 Å². The summed E-state index contributed by atoms with van der Waals surface area (Å²) >= 11 is 0. The molecule has 0 unspecified atom stereocenters. The number of carbonyl (C=O) groups is 2. The molecular formula is C22H30N4O2. The number of nitrogens with zero attached hydrogens (tertiary/aromatic N) is 3. The van der Waals surface area contributed by atoms with Crippen molar-refractivity contribution in [2.45, 2.75) is 52.9 Å². The molecule has 0 bridgehead atoms. The van der Waals surface area contributed by atoms with Gasteiger partial charge in [-0.2, -0.15) is 0 Å². The van der Waals surface area contributed by atoms with Crippen LogP contribution in [-0.4, -0.2) is 46.3 Å². The fraction of sp³-hybridized carbons (Fsp3) is 0.545. The number of aromatic nitrogens is 2. The molecule has 0 aliphatic carbocycles. The Morgan fingerprint density at radius 2 is 1.75 bits per heavy atom. The quantitative estimate of drug-likeness (QED) is 0.777. The van der Waals surface area contributed by atoms with Crippen LogP contribution in [0.3, 0.4) is 0 Å². The van der Waals surface area contributed by atoms with E-state index in [4.69, 9.17) is 0 Å². The van der Waals surface area contributed by atoms with Crippen LogP contribution in [0.1, 0.15) is 60.8 Å². The van der Waals surface area contributed by atoms with Crippen LogP contribution in [0.4, 0.5) is 0 Å². The highest BCUT2D eigenvalue weighted by molar-refractivity contribution is 5.97. The molecule has 2 amide bonds. The number of benzene rings is 1. The molecule has 0 saturated carbocycles. The van der Waals surface area contributed by atoms with E-state index in [2.05, 4.69) is 22.2 Å². The van der Waals surface area contributed by atoms with Gasteiger partial charge in [-0.25, -0.2) is 9.97 Å². The predicted molar refractivity (Wildman–Crippen MR) is 110 cm³/mol. The van der Waals surface area contributed by atoms with Gasteiger partial charge in [0.25, 0.3) is 5.91 Å². The third kappa shape index (κ3) is 4.66. The zero-order valence-corrected chi connectivity index (χ0v) is 17.1. The van der Waals surface area contributed by atoms with E-state index >= 15 is 0 Å². The van der Waals surface area contributed by atoms with Gasteiger partial charge >= 0.3 is 0 Å². The molecule has 1 aliphatic rings. The van der Waals surface area contributed by atoms with Crippen LogP contribution in [0.15, 0.2) is 18.2 Å². The monoisotopic (exact) mass is 382 g/mol. The third-order valence-electron chi connectivity index (χ3n) is 5.55. The van der Waals surface area contributed by atoms with Crippen LogP contribution < -0.4 is 5.32 Å². The maximum absolute atomic E-state index is 12.9. The van der Waals surface area contributed by atoms with E-state index < -0.39 is 0 Å². The van der Waals surface area contributed by atoms with Crippen LogP contribution in [0.5, 0.6) is 0 Å². The highest BCUT2D eigenvalue weighted by Crippen LogP contribution is 2.21. The van der Waals surface area contributed by atoms with Gasteiger partial charge in [-0.3, -0.25) is 9.59 Å². The zero-order valence-electron chi connectivity index (χ0n) is 17.1. The Bertz CT molecular complexity index is 857. The number of likely N-dealkylation sites (tertiary alicyclic amines) is 1. The second kappa shape index (κ2) is 9.13. The molecule has 1 aromatic heterocycles. The summed E-state index contributed by atoms with van der Waals surface area (Å²) in [6, 6.07) is 5.50. The number of rotatable bonds is 6. The molecule has 2 aromatic rings. The van der Waals surface area contributed by atoms with Crippen molar-refractivity contribution in [3.63, 3.8) is 0 Å². The Hall–Kier alpha value is -2.50. The average Bonchev–Trinajstić information content (AvgIpc) is 2.71. The van der Waals surface area contributed by atoms with Gasteiger partial charge in [-0.15, -0.1) is 0 Å². The van der Waals surface area contributed by atoms with Gasteiger partial charge in [-0.1, -0.05) is 19.8 Å². The molecule has 3 rings (SSSR count). The van der Waals surface area contributed by atoms with Gasteiger partial charge in [0.2, 0.25) is 5.91 Å². The molecule has 0 atom stereocenters. The van der Waals surface area contributed by atoms with E-state index in [1.807, 2.05) is 36.9 Å². The number of fused-ring (bicyclic) bond motifs is 1. The molecule has 1 aromatic carbocycles. The van der Waals surface area contributed by atoms with Crippen molar-refractivity contribution < 1.29 is 9.59 Å². The van der Waals surface area contributed by atoms with Crippen molar-refractivity contribution in [2.75, 3.05) is 19.6 Å². The maximum atomic E-state index is 12.9. The van der Waals surface area contributed by atoms with Gasteiger partial charge in [0.1, 0.15) is 0 Å². The summed E-state index contributed by atoms with van der Waals surface area (Å²) in [5, 5.41) is 3.04. The maximum Gasteiger partial charge on any atom is 0.253 e. The highest BCUT2D eigenvalue weighted by Gasteiger charge is 2.27. The first-order chi connectivity index (χ1) is 13.5. The summed E-state index contributed by atoms with van der Waals surface area (Å²) in [5.41, 5.74) is 3.96. The Morgan fingerprint density at radius 3 is 2.43 bits per heavy atom. The third-order valence-corrected chi connectivity index (χ3v) is 5.55. The van der Waals surface area contributed by atoms with E-state index in [1.165, 1.54) is 0 Å². The first-order valence-corrected chi connectivity index (χ1v) is 10.3. The number of hydrogen-bond donors (Lipinski definition) is 1. The number of aryl methyl sites for hydroxylation is 2. The molecule has 28 heavy (non-hydrogen) atoms. The van der Waals surface area contributed by atoms with Crippen LogP contribution in [-0.2, 0) is 4.79 Å². The molecule has 150 valence electrons. The number of amides is 2. The Balaban J connectivity index is 1.58. The highest BCUT2D eigenvalue weighted by atomic mass is 16.2. The standard InChI is InChI=1S/C22H30N4O2/c1-4-5-6-11-23-21(27)17-9-12-26(13-10-17)22(28)18-7-8-19-20(14-18)25-16(3)15(2)24-19/h7-8,14,17H,4-6,9-13H2,1-3H3,(H,23,27). The normalized spacial score (nSPS) is 15.0. The lowest BCUT2D eigenvalue weighted by Gasteiger charge is -2.31. The molecule has 1 aliphatic heterocycles. The van der Waals surface area contributed by atoms with Crippen molar-refractivity contribution in [3.8, 4) is 0 Å². The smallest absolute Gasteiger partial charge is 0.253 e. The largest absolute Gasteiger partial charge is 0.356 e. The molecule has 0 radical (unpaired) electrons. The summed E-state index contributed by atoms with van der Waals surface area (Å²) in [5.74, 6) is 0.150. The van der Waals surface area contributed by atoms with E-state index in [0.717, 1.165) is 61.1 Å². The molecule has 1 fully saturated rings. The number of piperidine rings is 1. The number of carbonyl (C=O) groups excluding carboxylic acids is 2. The van der Waals surface area contributed by atoms with Gasteiger partial charge in [0.05, 0.1) is 22.4 Å². The Morgan fingerprint density at radius 1 is 1.07 bits per heavy atom. The van der Waals surface area contributed by atoms with E-state index in [9.17, 15) is 9.59 Å². The van der Waals surface area contributed by atoms with Crippen LogP contribution in [0, 0.1) is 19.8 Å². The Kier molecular flexibility index (Phi) is 6.60. The minimum atomic E-state index is 0.00346. The summed E-state index contributed by atoms with van der Waals surface area (Å²) in [6.07, 6.45) is 4.76. The van der Waals surface area contributed by atoms with E-state index in [-0.39, 0.29) is 17.7 Å². The number of unbranched alkanes of at least 4 members (excludes halogenated alkanes) is 2. The van der Waals surface area contributed by atoms with Crippen LogP contribution in [0.25, 0.3) is 11.0 Å². The molecular weight excluding hydrogens is 352 g/mol.